The van der Waals surface area contributed by atoms with Crippen molar-refractivity contribution in [2.24, 2.45) is 0 Å². The van der Waals surface area contributed by atoms with E-state index in [0.29, 0.717) is 10.9 Å². The molecular weight excluding hydrogens is 343 g/mol. The molecule has 0 aromatic heterocycles. The Morgan fingerprint density at radius 1 is 1.10 bits per heavy atom. The van der Waals surface area contributed by atoms with Crippen molar-refractivity contribution < 1.29 is 13.2 Å². The van der Waals surface area contributed by atoms with Crippen LogP contribution in [0.1, 0.15) is 22.7 Å². The zero-order valence-electron chi connectivity index (χ0n) is 11.7. The number of hydrogen-bond acceptors (Lipinski definition) is 1. The van der Waals surface area contributed by atoms with E-state index in [1.54, 1.807) is 13.1 Å². The molecule has 2 rings (SSSR count). The summed E-state index contributed by atoms with van der Waals surface area (Å²) in [6, 6.07) is 6.30. The van der Waals surface area contributed by atoms with E-state index >= 15 is 0 Å². The highest BCUT2D eigenvalue weighted by atomic mass is 79.9. The maximum absolute atomic E-state index is 14.0. The number of nitrogens with one attached hydrogen (secondary N) is 1. The van der Waals surface area contributed by atoms with Crippen molar-refractivity contribution >= 4 is 15.9 Å². The first-order valence-corrected chi connectivity index (χ1v) is 7.28. The van der Waals surface area contributed by atoms with Crippen LogP contribution in [0.25, 0.3) is 0 Å². The predicted octanol–water partition coefficient (Wildman–Crippen LogP) is 4.68. The molecule has 1 unspecified atom stereocenters. The third-order valence-corrected chi connectivity index (χ3v) is 3.93. The molecule has 0 aliphatic heterocycles. The lowest BCUT2D eigenvalue weighted by Crippen LogP contribution is -2.22. The van der Waals surface area contributed by atoms with E-state index in [4.69, 9.17) is 0 Å². The molecule has 2 aromatic rings. The lowest BCUT2D eigenvalue weighted by Gasteiger charge is -2.19. The third-order valence-electron chi connectivity index (χ3n) is 3.48. The second kappa shape index (κ2) is 6.62. The van der Waals surface area contributed by atoms with Crippen LogP contribution in [0.4, 0.5) is 13.2 Å². The molecule has 2 aromatic carbocycles. The molecule has 0 bridgehead atoms. The highest BCUT2D eigenvalue weighted by Crippen LogP contribution is 2.28. The van der Waals surface area contributed by atoms with E-state index < -0.39 is 17.7 Å². The van der Waals surface area contributed by atoms with Crippen LogP contribution in [0.5, 0.6) is 0 Å². The number of rotatable bonds is 4. The Morgan fingerprint density at radius 3 is 2.29 bits per heavy atom. The van der Waals surface area contributed by atoms with E-state index in [1.807, 2.05) is 6.92 Å². The fourth-order valence-electron chi connectivity index (χ4n) is 2.31. The average Bonchev–Trinajstić information content (AvgIpc) is 2.40. The minimum Gasteiger partial charge on any atom is -0.313 e. The number of likely N-dealkylation sites (N-methyl/N-ethyl adjacent to an activating group) is 1. The maximum atomic E-state index is 14.0. The van der Waals surface area contributed by atoms with E-state index in [2.05, 4.69) is 21.2 Å². The standard InChI is InChI=1S/C16H15BrF3N/c1-9-3-4-12(18)5-10(9)6-15(21-2)16-13(19)7-11(17)8-14(16)20/h3-5,7-8,15,21H,6H2,1-2H3. The van der Waals surface area contributed by atoms with E-state index in [-0.39, 0.29) is 11.4 Å². The molecule has 0 heterocycles. The fraction of sp³-hybridized carbons (Fsp3) is 0.250. The predicted molar refractivity (Wildman–Crippen MR) is 80.7 cm³/mol. The molecule has 1 N–H and O–H groups in total. The molecule has 0 aliphatic carbocycles. The van der Waals surface area contributed by atoms with Gasteiger partial charge in [0.25, 0.3) is 0 Å². The van der Waals surface area contributed by atoms with Gasteiger partial charge in [0.05, 0.1) is 0 Å². The summed E-state index contributed by atoms with van der Waals surface area (Å²) in [5, 5.41) is 2.90. The Bertz CT molecular complexity index is 635. The SMILES string of the molecule is CNC(Cc1cc(F)ccc1C)c1c(F)cc(Br)cc1F. The van der Waals surface area contributed by atoms with Crippen LogP contribution in [-0.2, 0) is 6.42 Å². The minimum absolute atomic E-state index is 0.0376. The maximum Gasteiger partial charge on any atom is 0.132 e. The summed E-state index contributed by atoms with van der Waals surface area (Å²) in [4.78, 5) is 0. The topological polar surface area (TPSA) is 12.0 Å². The summed E-state index contributed by atoms with van der Waals surface area (Å²) >= 11 is 3.06. The van der Waals surface area contributed by atoms with Crippen molar-refractivity contribution in [1.29, 1.82) is 0 Å². The van der Waals surface area contributed by atoms with Crippen LogP contribution < -0.4 is 5.32 Å². The number of halogens is 4. The van der Waals surface area contributed by atoms with Crippen LogP contribution in [0.3, 0.4) is 0 Å². The lowest BCUT2D eigenvalue weighted by molar-refractivity contribution is 0.487. The molecule has 0 spiro atoms. The smallest absolute Gasteiger partial charge is 0.132 e. The summed E-state index contributed by atoms with van der Waals surface area (Å²) in [5.41, 5.74) is 1.56. The van der Waals surface area contributed by atoms with Crippen LogP contribution >= 0.6 is 15.9 Å². The molecule has 0 fully saturated rings. The van der Waals surface area contributed by atoms with Gasteiger partial charge in [0.2, 0.25) is 0 Å². The van der Waals surface area contributed by atoms with Gasteiger partial charge in [0.1, 0.15) is 17.5 Å². The van der Waals surface area contributed by atoms with E-state index in [9.17, 15) is 13.2 Å². The van der Waals surface area contributed by atoms with Gasteiger partial charge >= 0.3 is 0 Å². The summed E-state index contributed by atoms with van der Waals surface area (Å²) in [6.45, 7) is 1.84. The highest BCUT2D eigenvalue weighted by Gasteiger charge is 2.21. The summed E-state index contributed by atoms with van der Waals surface area (Å²) in [5.74, 6) is -1.62. The van der Waals surface area contributed by atoms with Gasteiger partial charge in [0.15, 0.2) is 0 Å². The molecule has 0 amide bonds. The summed E-state index contributed by atoms with van der Waals surface area (Å²) in [6.07, 6.45) is 0.301. The first-order chi connectivity index (χ1) is 9.92. The van der Waals surface area contributed by atoms with Gasteiger partial charge in [-0.3, -0.25) is 0 Å². The van der Waals surface area contributed by atoms with Gasteiger partial charge in [0, 0.05) is 16.1 Å². The Balaban J connectivity index is 2.39. The fourth-order valence-corrected chi connectivity index (χ4v) is 2.72. The molecule has 0 saturated carbocycles. The largest absolute Gasteiger partial charge is 0.313 e. The van der Waals surface area contributed by atoms with E-state index in [1.165, 1.54) is 24.3 Å². The molecule has 1 atom stereocenters. The first-order valence-electron chi connectivity index (χ1n) is 6.49. The molecule has 0 saturated heterocycles. The van der Waals surface area contributed by atoms with E-state index in [0.717, 1.165) is 11.1 Å². The van der Waals surface area contributed by atoms with Crippen molar-refractivity contribution in [2.75, 3.05) is 7.05 Å². The molecule has 0 radical (unpaired) electrons. The van der Waals surface area contributed by atoms with Gasteiger partial charge < -0.3 is 5.32 Å². The third kappa shape index (κ3) is 3.66. The molecular formula is C16H15BrF3N. The molecule has 5 heteroatoms. The monoisotopic (exact) mass is 357 g/mol. The van der Waals surface area contributed by atoms with Crippen molar-refractivity contribution in [2.45, 2.75) is 19.4 Å². The normalized spacial score (nSPS) is 12.5. The van der Waals surface area contributed by atoms with Gasteiger partial charge in [-0.1, -0.05) is 22.0 Å². The van der Waals surface area contributed by atoms with Crippen molar-refractivity contribution in [3.05, 3.63) is 68.9 Å². The quantitative estimate of drug-likeness (QED) is 0.837. The molecule has 1 nitrogen and oxygen atoms in total. The minimum atomic E-state index is -0.629. The lowest BCUT2D eigenvalue weighted by atomic mass is 9.95. The van der Waals surface area contributed by atoms with Crippen molar-refractivity contribution in [3.8, 4) is 0 Å². The second-order valence-corrected chi connectivity index (χ2v) is 5.81. The van der Waals surface area contributed by atoms with Crippen LogP contribution in [-0.4, -0.2) is 7.05 Å². The first kappa shape index (κ1) is 16.0. The summed E-state index contributed by atoms with van der Waals surface area (Å²) in [7, 11) is 1.63. The van der Waals surface area contributed by atoms with Crippen LogP contribution in [0.15, 0.2) is 34.8 Å². The second-order valence-electron chi connectivity index (χ2n) is 4.90. The zero-order valence-corrected chi connectivity index (χ0v) is 13.3. The van der Waals surface area contributed by atoms with Gasteiger partial charge in [-0.05, 0) is 55.8 Å². The van der Waals surface area contributed by atoms with Crippen LogP contribution in [0.2, 0.25) is 0 Å². The van der Waals surface area contributed by atoms with Crippen molar-refractivity contribution in [1.82, 2.24) is 5.32 Å². The zero-order chi connectivity index (χ0) is 15.6. The van der Waals surface area contributed by atoms with Gasteiger partial charge in [-0.2, -0.15) is 0 Å². The number of hydrogen-bond donors (Lipinski definition) is 1. The van der Waals surface area contributed by atoms with Gasteiger partial charge in [-0.15, -0.1) is 0 Å². The molecule has 21 heavy (non-hydrogen) atoms. The molecule has 112 valence electrons. The summed E-state index contributed by atoms with van der Waals surface area (Å²) < 4.78 is 41.8. The molecule has 0 aliphatic rings. The highest BCUT2D eigenvalue weighted by molar-refractivity contribution is 9.10. The number of benzene rings is 2. The van der Waals surface area contributed by atoms with Gasteiger partial charge in [-0.25, -0.2) is 13.2 Å². The average molecular weight is 358 g/mol. The van der Waals surface area contributed by atoms with Crippen LogP contribution in [0, 0.1) is 24.4 Å². The Labute approximate surface area is 130 Å². The number of aryl methyl sites for hydroxylation is 1. The Kier molecular flexibility index (Phi) is 5.06. The van der Waals surface area contributed by atoms with Crippen molar-refractivity contribution in [3.63, 3.8) is 0 Å². The Morgan fingerprint density at radius 2 is 1.71 bits per heavy atom. The Hall–Kier alpha value is -1.33.